The Bertz CT molecular complexity index is 400. The van der Waals surface area contributed by atoms with Gasteiger partial charge in [0.05, 0.1) is 13.2 Å². The van der Waals surface area contributed by atoms with Gasteiger partial charge in [-0.25, -0.2) is 0 Å². The lowest BCUT2D eigenvalue weighted by Gasteiger charge is -2.17. The quantitative estimate of drug-likeness (QED) is 0.561. The van der Waals surface area contributed by atoms with Crippen LogP contribution in [-0.2, 0) is 19.1 Å². The van der Waals surface area contributed by atoms with Crippen LogP contribution in [0.15, 0.2) is 30.3 Å². The van der Waals surface area contributed by atoms with E-state index in [-0.39, 0.29) is 17.9 Å². The Kier molecular flexibility index (Phi) is 6.64. The van der Waals surface area contributed by atoms with Gasteiger partial charge < -0.3 is 9.47 Å². The largest absolute Gasteiger partial charge is 0.466 e. The molecule has 0 aliphatic carbocycles. The van der Waals surface area contributed by atoms with Crippen molar-refractivity contribution in [3.63, 3.8) is 0 Å². The normalized spacial score (nSPS) is 11.7. The van der Waals surface area contributed by atoms with Gasteiger partial charge in [-0.1, -0.05) is 30.3 Å². The number of carbonyl (C=O) groups excluding carboxylic acids is 2. The summed E-state index contributed by atoms with van der Waals surface area (Å²) in [5.41, 5.74) is 1.13. The zero-order chi connectivity index (χ0) is 14.1. The van der Waals surface area contributed by atoms with Crippen molar-refractivity contribution in [3.8, 4) is 0 Å². The molecule has 0 aliphatic rings. The molecule has 104 valence electrons. The van der Waals surface area contributed by atoms with Crippen molar-refractivity contribution in [3.05, 3.63) is 35.9 Å². The monoisotopic (exact) mass is 264 g/mol. The topological polar surface area (TPSA) is 52.6 Å². The van der Waals surface area contributed by atoms with Crippen LogP contribution in [0.2, 0.25) is 0 Å². The van der Waals surface area contributed by atoms with E-state index in [9.17, 15) is 9.59 Å². The van der Waals surface area contributed by atoms with Gasteiger partial charge in [0.15, 0.2) is 0 Å². The molecule has 4 nitrogen and oxygen atoms in total. The average molecular weight is 264 g/mol. The molecule has 1 aromatic carbocycles. The standard InChI is InChI=1S/C15H20O4/c1-12(16)18-10-6-9-15(11-19-13(2)17)14-7-4-3-5-8-14/h3-5,7-8,15H,6,9-11H2,1-2H3/t15-/m1/s1. The Labute approximate surface area is 113 Å². The van der Waals surface area contributed by atoms with Crippen LogP contribution in [0.4, 0.5) is 0 Å². The van der Waals surface area contributed by atoms with Crippen molar-refractivity contribution in [2.75, 3.05) is 13.2 Å². The van der Waals surface area contributed by atoms with Gasteiger partial charge in [-0.2, -0.15) is 0 Å². The lowest BCUT2D eigenvalue weighted by Crippen LogP contribution is -2.12. The summed E-state index contributed by atoms with van der Waals surface area (Å²) in [6.07, 6.45) is 1.56. The minimum Gasteiger partial charge on any atom is -0.466 e. The first-order chi connectivity index (χ1) is 9.09. The number of benzene rings is 1. The maximum absolute atomic E-state index is 10.9. The summed E-state index contributed by atoms with van der Waals surface area (Å²) in [6.45, 7) is 3.56. The van der Waals surface area contributed by atoms with Gasteiger partial charge in [0, 0.05) is 19.8 Å². The van der Waals surface area contributed by atoms with E-state index in [0.29, 0.717) is 13.2 Å². The van der Waals surface area contributed by atoms with Gasteiger partial charge in [-0.05, 0) is 18.4 Å². The van der Waals surface area contributed by atoms with Crippen LogP contribution in [0.1, 0.15) is 38.2 Å². The van der Waals surface area contributed by atoms with Crippen molar-refractivity contribution in [2.24, 2.45) is 0 Å². The van der Waals surface area contributed by atoms with Crippen LogP contribution in [-0.4, -0.2) is 25.2 Å². The molecular weight excluding hydrogens is 244 g/mol. The van der Waals surface area contributed by atoms with Crippen LogP contribution >= 0.6 is 0 Å². The minimum absolute atomic E-state index is 0.139. The molecule has 0 amide bonds. The van der Waals surface area contributed by atoms with E-state index in [2.05, 4.69) is 0 Å². The summed E-state index contributed by atoms with van der Waals surface area (Å²) >= 11 is 0. The first kappa shape index (κ1) is 15.2. The molecule has 19 heavy (non-hydrogen) atoms. The molecule has 0 saturated carbocycles. The van der Waals surface area contributed by atoms with Crippen molar-refractivity contribution in [1.82, 2.24) is 0 Å². The number of rotatable bonds is 7. The molecular formula is C15H20O4. The Hall–Kier alpha value is -1.84. The number of hydrogen-bond donors (Lipinski definition) is 0. The molecule has 0 spiro atoms. The zero-order valence-electron chi connectivity index (χ0n) is 11.4. The van der Waals surface area contributed by atoms with E-state index in [1.807, 2.05) is 30.3 Å². The fraction of sp³-hybridized carbons (Fsp3) is 0.467. The summed E-state index contributed by atoms with van der Waals surface area (Å²) in [5, 5.41) is 0. The molecule has 1 atom stereocenters. The van der Waals surface area contributed by atoms with E-state index in [1.54, 1.807) is 0 Å². The van der Waals surface area contributed by atoms with E-state index >= 15 is 0 Å². The molecule has 0 heterocycles. The SMILES string of the molecule is CC(=O)OCCC[C@H](COC(C)=O)c1ccccc1. The number of carbonyl (C=O) groups is 2. The van der Waals surface area contributed by atoms with Gasteiger partial charge in [-0.15, -0.1) is 0 Å². The van der Waals surface area contributed by atoms with Crippen LogP contribution < -0.4 is 0 Å². The van der Waals surface area contributed by atoms with Crippen molar-refractivity contribution in [1.29, 1.82) is 0 Å². The Morgan fingerprint density at radius 1 is 1.05 bits per heavy atom. The predicted molar refractivity (Wildman–Crippen MR) is 71.7 cm³/mol. The van der Waals surface area contributed by atoms with E-state index in [0.717, 1.165) is 18.4 Å². The fourth-order valence-corrected chi connectivity index (χ4v) is 1.84. The average Bonchev–Trinajstić information content (AvgIpc) is 2.38. The summed E-state index contributed by atoms with van der Waals surface area (Å²) < 4.78 is 10.00. The predicted octanol–water partition coefficient (Wildman–Crippen LogP) is 2.68. The van der Waals surface area contributed by atoms with E-state index in [1.165, 1.54) is 13.8 Å². The number of hydrogen-bond acceptors (Lipinski definition) is 4. The molecule has 0 aromatic heterocycles. The van der Waals surface area contributed by atoms with Gasteiger partial charge >= 0.3 is 11.9 Å². The van der Waals surface area contributed by atoms with Crippen LogP contribution in [0, 0.1) is 0 Å². The fourth-order valence-electron chi connectivity index (χ4n) is 1.84. The maximum atomic E-state index is 10.9. The smallest absolute Gasteiger partial charge is 0.302 e. The molecule has 0 unspecified atom stereocenters. The Balaban J connectivity index is 2.50. The third kappa shape index (κ3) is 6.60. The summed E-state index contributed by atoms with van der Waals surface area (Å²) in [6, 6.07) is 9.90. The molecule has 0 bridgehead atoms. The van der Waals surface area contributed by atoms with Gasteiger partial charge in [0.1, 0.15) is 0 Å². The van der Waals surface area contributed by atoms with Crippen molar-refractivity contribution < 1.29 is 19.1 Å². The maximum Gasteiger partial charge on any atom is 0.302 e. The summed E-state index contributed by atoms with van der Waals surface area (Å²) in [4.78, 5) is 21.6. The lowest BCUT2D eigenvalue weighted by atomic mass is 9.95. The molecule has 0 fully saturated rings. The van der Waals surface area contributed by atoms with Crippen LogP contribution in [0.3, 0.4) is 0 Å². The highest BCUT2D eigenvalue weighted by Crippen LogP contribution is 2.21. The third-order valence-electron chi connectivity index (χ3n) is 2.76. The first-order valence-corrected chi connectivity index (χ1v) is 6.41. The van der Waals surface area contributed by atoms with E-state index < -0.39 is 0 Å². The summed E-state index contributed by atoms with van der Waals surface area (Å²) in [7, 11) is 0. The number of esters is 2. The van der Waals surface area contributed by atoms with Gasteiger partial charge in [0.25, 0.3) is 0 Å². The van der Waals surface area contributed by atoms with Gasteiger partial charge in [0.2, 0.25) is 0 Å². The van der Waals surface area contributed by atoms with Crippen molar-refractivity contribution in [2.45, 2.75) is 32.6 Å². The second-order valence-corrected chi connectivity index (χ2v) is 4.39. The summed E-state index contributed by atoms with van der Waals surface area (Å²) in [5.74, 6) is -0.405. The molecule has 0 N–H and O–H groups in total. The highest BCUT2D eigenvalue weighted by atomic mass is 16.5. The second-order valence-electron chi connectivity index (χ2n) is 4.39. The minimum atomic E-state index is -0.277. The molecule has 0 aliphatic heterocycles. The molecule has 0 saturated heterocycles. The highest BCUT2D eigenvalue weighted by molar-refractivity contribution is 5.66. The molecule has 4 heteroatoms. The van der Waals surface area contributed by atoms with Crippen molar-refractivity contribution >= 4 is 11.9 Å². The third-order valence-corrected chi connectivity index (χ3v) is 2.76. The van der Waals surface area contributed by atoms with E-state index in [4.69, 9.17) is 9.47 Å². The molecule has 0 radical (unpaired) electrons. The first-order valence-electron chi connectivity index (χ1n) is 6.41. The zero-order valence-corrected chi connectivity index (χ0v) is 11.4. The number of ether oxygens (including phenoxy) is 2. The molecule has 1 aromatic rings. The lowest BCUT2D eigenvalue weighted by molar-refractivity contribution is -0.141. The van der Waals surface area contributed by atoms with Crippen LogP contribution in [0.5, 0.6) is 0 Å². The Morgan fingerprint density at radius 3 is 2.26 bits per heavy atom. The second kappa shape index (κ2) is 8.29. The highest BCUT2D eigenvalue weighted by Gasteiger charge is 2.13. The Morgan fingerprint density at radius 2 is 1.68 bits per heavy atom. The van der Waals surface area contributed by atoms with Crippen LogP contribution in [0.25, 0.3) is 0 Å². The molecule has 1 rings (SSSR count). The van der Waals surface area contributed by atoms with Gasteiger partial charge in [-0.3, -0.25) is 9.59 Å².